The second-order valence-electron chi connectivity index (χ2n) is 2.05. The van der Waals surface area contributed by atoms with Crippen LogP contribution in [0.3, 0.4) is 0 Å². The first-order valence-electron chi connectivity index (χ1n) is 3.42. The SMILES string of the molecule is COC(=O)C(CCCC#N)=NO. The molecule has 0 aliphatic rings. The summed E-state index contributed by atoms with van der Waals surface area (Å²) in [6.45, 7) is 0. The average molecular weight is 170 g/mol. The van der Waals surface area contributed by atoms with Crippen LogP contribution in [0, 0.1) is 11.3 Å². The minimum atomic E-state index is -0.657. The number of ether oxygens (including phenoxy) is 1. The Kier molecular flexibility index (Phi) is 5.35. The van der Waals surface area contributed by atoms with Gasteiger partial charge in [0.1, 0.15) is 0 Å². The van der Waals surface area contributed by atoms with Crippen LogP contribution >= 0.6 is 0 Å². The quantitative estimate of drug-likeness (QED) is 0.221. The molecule has 0 amide bonds. The zero-order chi connectivity index (χ0) is 9.40. The zero-order valence-electron chi connectivity index (χ0n) is 6.78. The van der Waals surface area contributed by atoms with E-state index in [2.05, 4.69) is 9.89 Å². The largest absolute Gasteiger partial charge is 0.464 e. The van der Waals surface area contributed by atoms with Gasteiger partial charge in [0.25, 0.3) is 0 Å². The van der Waals surface area contributed by atoms with Gasteiger partial charge in [-0.2, -0.15) is 5.26 Å². The normalized spacial score (nSPS) is 10.5. The Morgan fingerprint density at radius 1 is 1.75 bits per heavy atom. The lowest BCUT2D eigenvalue weighted by Gasteiger charge is -1.98. The number of methoxy groups -OCH3 is 1. The summed E-state index contributed by atoms with van der Waals surface area (Å²) >= 11 is 0. The van der Waals surface area contributed by atoms with Crippen LogP contribution in [0.1, 0.15) is 19.3 Å². The standard InChI is InChI=1S/C7H10N2O3/c1-12-7(10)6(9-11)4-2-3-5-8/h11H,2-4H2,1H3. The fourth-order valence-electron chi connectivity index (χ4n) is 0.646. The molecule has 0 aromatic rings. The van der Waals surface area contributed by atoms with Gasteiger partial charge < -0.3 is 9.94 Å². The van der Waals surface area contributed by atoms with E-state index in [4.69, 9.17) is 10.5 Å². The number of nitrogens with zero attached hydrogens (tertiary/aromatic N) is 2. The molecule has 0 bridgehead atoms. The van der Waals surface area contributed by atoms with E-state index >= 15 is 0 Å². The van der Waals surface area contributed by atoms with E-state index in [0.717, 1.165) is 0 Å². The van der Waals surface area contributed by atoms with E-state index in [1.807, 2.05) is 6.07 Å². The number of carbonyl (C=O) groups is 1. The van der Waals surface area contributed by atoms with Crippen LogP contribution in [-0.4, -0.2) is 24.0 Å². The van der Waals surface area contributed by atoms with Gasteiger partial charge in [-0.3, -0.25) is 0 Å². The summed E-state index contributed by atoms with van der Waals surface area (Å²) in [6, 6.07) is 1.92. The van der Waals surface area contributed by atoms with E-state index in [1.54, 1.807) is 0 Å². The molecule has 1 N–H and O–H groups in total. The van der Waals surface area contributed by atoms with E-state index in [-0.39, 0.29) is 12.1 Å². The fraction of sp³-hybridized carbons (Fsp3) is 0.571. The molecule has 0 aliphatic carbocycles. The van der Waals surface area contributed by atoms with Crippen LogP contribution < -0.4 is 0 Å². The highest BCUT2D eigenvalue weighted by Gasteiger charge is 2.11. The van der Waals surface area contributed by atoms with Crippen molar-refractivity contribution in [3.8, 4) is 6.07 Å². The van der Waals surface area contributed by atoms with Gasteiger partial charge in [-0.15, -0.1) is 0 Å². The molecule has 66 valence electrons. The number of oxime groups is 1. The topological polar surface area (TPSA) is 82.7 Å². The molecule has 0 heterocycles. The van der Waals surface area contributed by atoms with Crippen molar-refractivity contribution in [2.24, 2.45) is 5.16 Å². The summed E-state index contributed by atoms with van der Waals surface area (Å²) < 4.78 is 4.32. The maximum absolute atomic E-state index is 10.7. The average Bonchev–Trinajstić information content (AvgIpc) is 2.11. The summed E-state index contributed by atoms with van der Waals surface area (Å²) in [5, 5.41) is 19.3. The van der Waals surface area contributed by atoms with Crippen molar-refractivity contribution in [2.75, 3.05) is 7.11 Å². The number of esters is 1. The minimum Gasteiger partial charge on any atom is -0.464 e. The zero-order valence-corrected chi connectivity index (χ0v) is 6.78. The van der Waals surface area contributed by atoms with Crippen molar-refractivity contribution in [3.63, 3.8) is 0 Å². The lowest BCUT2D eigenvalue weighted by molar-refractivity contribution is -0.133. The first-order valence-corrected chi connectivity index (χ1v) is 3.42. The van der Waals surface area contributed by atoms with Gasteiger partial charge in [-0.25, -0.2) is 4.79 Å². The number of rotatable bonds is 4. The predicted molar refractivity (Wildman–Crippen MR) is 40.7 cm³/mol. The van der Waals surface area contributed by atoms with E-state index in [9.17, 15) is 4.79 Å². The summed E-state index contributed by atoms with van der Waals surface area (Å²) in [7, 11) is 1.21. The molecular formula is C7H10N2O3. The van der Waals surface area contributed by atoms with Crippen LogP contribution in [0.25, 0.3) is 0 Å². The van der Waals surface area contributed by atoms with Crippen LogP contribution in [-0.2, 0) is 9.53 Å². The summed E-state index contributed by atoms with van der Waals surface area (Å²) in [5.41, 5.74) is -0.0484. The molecule has 0 aliphatic heterocycles. The van der Waals surface area contributed by atoms with Crippen LogP contribution in [0.2, 0.25) is 0 Å². The summed E-state index contributed by atoms with van der Waals surface area (Å²) in [6.07, 6.45) is 1.08. The molecule has 0 aromatic carbocycles. The Bertz CT molecular complexity index is 217. The Hall–Kier alpha value is -1.57. The third-order valence-electron chi connectivity index (χ3n) is 1.24. The molecule has 0 atom stereocenters. The molecule has 0 rings (SSSR count). The number of hydrogen-bond donors (Lipinski definition) is 1. The third kappa shape index (κ3) is 3.56. The van der Waals surface area contributed by atoms with Crippen LogP contribution in [0.15, 0.2) is 5.16 Å². The molecule has 0 fully saturated rings. The minimum absolute atomic E-state index is 0.0484. The first-order chi connectivity index (χ1) is 5.76. The Morgan fingerprint density at radius 3 is 2.83 bits per heavy atom. The van der Waals surface area contributed by atoms with Gasteiger partial charge >= 0.3 is 5.97 Å². The Morgan fingerprint density at radius 2 is 2.42 bits per heavy atom. The Balaban J connectivity index is 3.87. The first kappa shape index (κ1) is 10.4. The Labute approximate surface area is 70.2 Å². The number of carbonyl (C=O) groups excluding carboxylic acids is 1. The molecule has 0 spiro atoms. The molecular weight excluding hydrogens is 160 g/mol. The lowest BCUT2D eigenvalue weighted by Crippen LogP contribution is -2.15. The highest BCUT2D eigenvalue weighted by molar-refractivity contribution is 6.36. The van der Waals surface area contributed by atoms with Gasteiger partial charge in [0, 0.05) is 12.8 Å². The molecule has 0 saturated heterocycles. The van der Waals surface area contributed by atoms with Gasteiger partial charge in [0.05, 0.1) is 13.2 Å². The smallest absolute Gasteiger partial charge is 0.355 e. The highest BCUT2D eigenvalue weighted by atomic mass is 16.5. The predicted octanol–water partition coefficient (Wildman–Crippen LogP) is 0.683. The van der Waals surface area contributed by atoms with E-state index in [0.29, 0.717) is 12.8 Å². The second kappa shape index (κ2) is 6.16. The molecule has 0 aromatic heterocycles. The number of unbranched alkanes of at least 4 members (excludes halogenated alkanes) is 1. The van der Waals surface area contributed by atoms with Gasteiger partial charge in [-0.1, -0.05) is 5.16 Å². The van der Waals surface area contributed by atoms with Crippen molar-refractivity contribution < 1.29 is 14.7 Å². The maximum atomic E-state index is 10.7. The maximum Gasteiger partial charge on any atom is 0.355 e. The van der Waals surface area contributed by atoms with Crippen molar-refractivity contribution in [1.29, 1.82) is 5.26 Å². The van der Waals surface area contributed by atoms with Gasteiger partial charge in [-0.05, 0) is 6.42 Å². The van der Waals surface area contributed by atoms with Crippen LogP contribution in [0.4, 0.5) is 0 Å². The molecule has 5 heteroatoms. The second-order valence-corrected chi connectivity index (χ2v) is 2.05. The van der Waals surface area contributed by atoms with Gasteiger partial charge in [0.15, 0.2) is 5.71 Å². The van der Waals surface area contributed by atoms with Crippen molar-refractivity contribution in [3.05, 3.63) is 0 Å². The van der Waals surface area contributed by atoms with E-state index < -0.39 is 5.97 Å². The highest BCUT2D eigenvalue weighted by Crippen LogP contribution is 1.98. The molecule has 12 heavy (non-hydrogen) atoms. The third-order valence-corrected chi connectivity index (χ3v) is 1.24. The molecule has 5 nitrogen and oxygen atoms in total. The van der Waals surface area contributed by atoms with Crippen molar-refractivity contribution in [2.45, 2.75) is 19.3 Å². The monoisotopic (exact) mass is 170 g/mol. The van der Waals surface area contributed by atoms with Crippen LogP contribution in [0.5, 0.6) is 0 Å². The molecule has 0 radical (unpaired) electrons. The number of hydrogen-bond acceptors (Lipinski definition) is 5. The van der Waals surface area contributed by atoms with Crippen molar-refractivity contribution >= 4 is 11.7 Å². The summed E-state index contributed by atoms with van der Waals surface area (Å²) in [5.74, 6) is -0.657. The van der Waals surface area contributed by atoms with Gasteiger partial charge in [0.2, 0.25) is 0 Å². The summed E-state index contributed by atoms with van der Waals surface area (Å²) in [4.78, 5) is 10.7. The molecule has 0 saturated carbocycles. The van der Waals surface area contributed by atoms with E-state index in [1.165, 1.54) is 7.11 Å². The molecule has 0 unspecified atom stereocenters. The lowest BCUT2D eigenvalue weighted by atomic mass is 10.2. The number of nitriles is 1. The fourth-order valence-corrected chi connectivity index (χ4v) is 0.646. The van der Waals surface area contributed by atoms with Crippen molar-refractivity contribution in [1.82, 2.24) is 0 Å².